The number of carbonyl (C=O) groups excluding carboxylic acids is 3. The van der Waals surface area contributed by atoms with Gasteiger partial charge < -0.3 is 20.4 Å². The molecule has 0 radical (unpaired) electrons. The van der Waals surface area contributed by atoms with E-state index in [1.165, 1.54) is 4.90 Å². The van der Waals surface area contributed by atoms with Crippen molar-refractivity contribution in [2.24, 2.45) is 0 Å². The van der Waals surface area contributed by atoms with Gasteiger partial charge >= 0.3 is 6.03 Å². The summed E-state index contributed by atoms with van der Waals surface area (Å²) in [6.45, 7) is 0.706. The van der Waals surface area contributed by atoms with Crippen molar-refractivity contribution in [2.75, 3.05) is 26.2 Å². The van der Waals surface area contributed by atoms with E-state index in [1.54, 1.807) is 23.2 Å². The highest BCUT2D eigenvalue weighted by molar-refractivity contribution is 5.91. The van der Waals surface area contributed by atoms with Crippen LogP contribution in [-0.2, 0) is 9.59 Å². The van der Waals surface area contributed by atoms with Gasteiger partial charge in [0.1, 0.15) is 12.2 Å². The van der Waals surface area contributed by atoms with Crippen molar-refractivity contribution in [1.82, 2.24) is 25.4 Å². The molecular weight excluding hydrogens is 499 g/mol. The first-order valence-corrected chi connectivity index (χ1v) is 12.9. The van der Waals surface area contributed by atoms with Gasteiger partial charge in [0.05, 0.1) is 24.8 Å². The molecule has 3 fully saturated rings. The van der Waals surface area contributed by atoms with Gasteiger partial charge in [0.25, 0.3) is 0 Å². The Morgan fingerprint density at radius 2 is 1.82 bits per heavy atom. The number of rotatable bonds is 7. The van der Waals surface area contributed by atoms with Crippen LogP contribution in [0, 0.1) is 0 Å². The molecule has 2 saturated heterocycles. The van der Waals surface area contributed by atoms with Gasteiger partial charge in [-0.15, -0.1) is 0 Å². The number of alkyl halides is 3. The molecule has 2 aliphatic heterocycles. The maximum atomic E-state index is 14.4. The maximum Gasteiger partial charge on any atom is 0.317 e. The van der Waals surface area contributed by atoms with E-state index in [9.17, 15) is 27.6 Å². The van der Waals surface area contributed by atoms with Crippen LogP contribution in [0.4, 0.5) is 18.0 Å². The van der Waals surface area contributed by atoms with Crippen molar-refractivity contribution in [3.05, 3.63) is 65.5 Å². The molecule has 5 rings (SSSR count). The van der Waals surface area contributed by atoms with Gasteiger partial charge in [-0.3, -0.25) is 14.6 Å². The van der Waals surface area contributed by atoms with Crippen molar-refractivity contribution < 1.29 is 27.6 Å². The first kappa shape index (κ1) is 26.0. The summed E-state index contributed by atoms with van der Waals surface area (Å²) in [5.74, 6) is -3.96. The van der Waals surface area contributed by atoms with Crippen molar-refractivity contribution in [3.8, 4) is 0 Å². The van der Waals surface area contributed by atoms with Gasteiger partial charge in [0.15, 0.2) is 0 Å². The second kappa shape index (κ2) is 10.6. The normalized spacial score (nSPS) is 23.2. The number of amides is 4. The lowest BCUT2D eigenvalue weighted by Crippen LogP contribution is -2.52. The third-order valence-corrected chi connectivity index (χ3v) is 7.49. The summed E-state index contributed by atoms with van der Waals surface area (Å²) in [5.41, 5.74) is 1.94. The largest absolute Gasteiger partial charge is 0.342 e. The molecule has 1 saturated carbocycles. The summed E-state index contributed by atoms with van der Waals surface area (Å²) < 4.78 is 41.0. The van der Waals surface area contributed by atoms with E-state index in [2.05, 4.69) is 15.6 Å². The number of nitrogens with zero attached hydrogens (tertiary/aromatic N) is 3. The van der Waals surface area contributed by atoms with E-state index >= 15 is 0 Å². The van der Waals surface area contributed by atoms with E-state index in [0.29, 0.717) is 24.3 Å². The lowest BCUT2D eigenvalue weighted by Gasteiger charge is -2.35. The van der Waals surface area contributed by atoms with E-state index in [-0.39, 0.29) is 44.3 Å². The van der Waals surface area contributed by atoms with Gasteiger partial charge in [-0.1, -0.05) is 36.4 Å². The lowest BCUT2D eigenvalue weighted by molar-refractivity contribution is -0.137. The molecule has 1 aromatic heterocycles. The number of nitrogens with one attached hydrogen (secondary N) is 2. The third kappa shape index (κ3) is 5.61. The van der Waals surface area contributed by atoms with Crippen LogP contribution in [0.25, 0.3) is 0 Å². The zero-order chi connectivity index (χ0) is 26.9. The molecule has 202 valence electrons. The van der Waals surface area contributed by atoms with Gasteiger partial charge in [0, 0.05) is 38.5 Å². The summed E-state index contributed by atoms with van der Waals surface area (Å²) in [4.78, 5) is 45.5. The molecule has 3 aliphatic rings. The molecule has 0 bridgehead atoms. The minimum Gasteiger partial charge on any atom is -0.342 e. The van der Waals surface area contributed by atoms with Crippen LogP contribution in [0.2, 0.25) is 0 Å². The third-order valence-electron chi connectivity index (χ3n) is 7.49. The van der Waals surface area contributed by atoms with Crippen molar-refractivity contribution in [3.63, 3.8) is 0 Å². The molecule has 2 aromatic rings. The molecule has 1 aromatic carbocycles. The number of urea groups is 1. The molecule has 1 aliphatic carbocycles. The summed E-state index contributed by atoms with van der Waals surface area (Å²) in [7, 11) is 0. The Morgan fingerprint density at radius 1 is 1.08 bits per heavy atom. The average Bonchev–Trinajstić information content (AvgIpc) is 3.26. The maximum absolute atomic E-state index is 14.4. The zero-order valence-corrected chi connectivity index (χ0v) is 20.8. The average molecular weight is 530 g/mol. The highest BCUT2D eigenvalue weighted by Gasteiger charge is 2.46. The van der Waals surface area contributed by atoms with Crippen molar-refractivity contribution >= 4 is 17.8 Å². The summed E-state index contributed by atoms with van der Waals surface area (Å²) >= 11 is 0. The molecule has 11 heteroatoms. The fourth-order valence-electron chi connectivity index (χ4n) is 5.13. The Morgan fingerprint density at radius 3 is 2.42 bits per heavy atom. The molecule has 38 heavy (non-hydrogen) atoms. The van der Waals surface area contributed by atoms with Crippen molar-refractivity contribution in [1.29, 1.82) is 0 Å². The van der Waals surface area contributed by atoms with Gasteiger partial charge in [0.2, 0.25) is 17.7 Å². The van der Waals surface area contributed by atoms with E-state index in [0.717, 1.165) is 12.0 Å². The SMILES string of the molecule is O=C(NC(c1ccccc1)c1ccc(C2CC(F)(F)C2)cn1)C1CC(F)CN1C(=O)CNC(=O)N1CCC1. The fraction of sp³-hybridized carbons (Fsp3) is 0.481. The predicted molar refractivity (Wildman–Crippen MR) is 132 cm³/mol. The molecule has 4 amide bonds. The second-order valence-electron chi connectivity index (χ2n) is 10.2. The van der Waals surface area contributed by atoms with Gasteiger partial charge in [-0.05, 0) is 29.5 Å². The molecule has 0 spiro atoms. The molecule has 3 atom stereocenters. The van der Waals surface area contributed by atoms with Crippen LogP contribution >= 0.6 is 0 Å². The van der Waals surface area contributed by atoms with Gasteiger partial charge in [-0.2, -0.15) is 0 Å². The first-order valence-electron chi connectivity index (χ1n) is 12.9. The van der Waals surface area contributed by atoms with Crippen LogP contribution in [0.5, 0.6) is 0 Å². The van der Waals surface area contributed by atoms with E-state index < -0.39 is 36.0 Å². The minimum absolute atomic E-state index is 0.151. The van der Waals surface area contributed by atoms with Crippen LogP contribution in [0.15, 0.2) is 48.7 Å². The number of hydrogen-bond donors (Lipinski definition) is 2. The zero-order valence-electron chi connectivity index (χ0n) is 20.8. The Kier molecular flexibility index (Phi) is 7.27. The summed E-state index contributed by atoms with van der Waals surface area (Å²) in [6.07, 6.45) is 0.537. The molecule has 3 heterocycles. The number of aromatic nitrogens is 1. The number of halogens is 3. The standard InChI is InChI=1S/C27H30F3N5O3/c28-20-11-22(35(16-20)23(36)15-32-26(38)34-9-4-10-34)25(37)33-24(17-5-2-1-3-6-17)21-8-7-18(14-31-21)19-12-27(29,30)13-19/h1-3,5-8,14,19-20,22,24H,4,9-13,15-16H2,(H,32,38)(H,33,37). The quantitative estimate of drug-likeness (QED) is 0.576. The molecular formula is C27H30F3N5O3. The predicted octanol–water partition coefficient (Wildman–Crippen LogP) is 3.15. The smallest absolute Gasteiger partial charge is 0.317 e. The second-order valence-corrected chi connectivity index (χ2v) is 10.2. The highest BCUT2D eigenvalue weighted by Crippen LogP contribution is 2.48. The van der Waals surface area contributed by atoms with Crippen LogP contribution in [-0.4, -0.2) is 76.9 Å². The van der Waals surface area contributed by atoms with Crippen LogP contribution in [0.3, 0.4) is 0 Å². The highest BCUT2D eigenvalue weighted by atomic mass is 19.3. The lowest BCUT2D eigenvalue weighted by atomic mass is 9.77. The van der Waals surface area contributed by atoms with Crippen molar-refractivity contribution in [2.45, 2.75) is 55.8 Å². The summed E-state index contributed by atoms with van der Waals surface area (Å²) in [6, 6.07) is 10.4. The Bertz CT molecular complexity index is 1170. The van der Waals surface area contributed by atoms with E-state index in [1.807, 2.05) is 30.3 Å². The summed E-state index contributed by atoms with van der Waals surface area (Å²) in [5, 5.41) is 5.45. The van der Waals surface area contributed by atoms with E-state index in [4.69, 9.17) is 0 Å². The fourth-order valence-corrected chi connectivity index (χ4v) is 5.13. The number of hydrogen-bond acceptors (Lipinski definition) is 4. The first-order chi connectivity index (χ1) is 18.2. The number of likely N-dealkylation sites (tertiary alicyclic amines) is 2. The monoisotopic (exact) mass is 529 g/mol. The van der Waals surface area contributed by atoms with Crippen LogP contribution < -0.4 is 10.6 Å². The minimum atomic E-state index is -2.64. The molecule has 8 nitrogen and oxygen atoms in total. The number of pyridine rings is 1. The topological polar surface area (TPSA) is 94.6 Å². The molecule has 3 unspecified atom stereocenters. The Labute approximate surface area is 218 Å². The Hall–Kier alpha value is -3.63. The Balaban J connectivity index is 1.28. The number of carbonyl (C=O) groups is 3. The van der Waals surface area contributed by atoms with Crippen LogP contribution in [0.1, 0.15) is 54.5 Å². The molecule has 2 N–H and O–H groups in total. The number of benzene rings is 1. The van der Waals surface area contributed by atoms with Gasteiger partial charge in [-0.25, -0.2) is 18.0 Å².